The normalized spacial score (nSPS) is 20.3. The van der Waals surface area contributed by atoms with Gasteiger partial charge in [-0.15, -0.1) is 0 Å². The number of hydrogen-bond acceptors (Lipinski definition) is 8. The molecule has 0 saturated carbocycles. The highest BCUT2D eigenvalue weighted by Gasteiger charge is 2.44. The molecule has 0 aromatic rings. The molecule has 0 aliphatic carbocycles. The monoisotopic (exact) mass is 918 g/mol. The lowest BCUT2D eigenvalue weighted by molar-refractivity contribution is -0.302. The summed E-state index contributed by atoms with van der Waals surface area (Å²) in [6.45, 7) is 3.72. The van der Waals surface area contributed by atoms with Gasteiger partial charge in [0, 0.05) is 6.42 Å². The lowest BCUT2D eigenvalue weighted by atomic mass is 9.99. The van der Waals surface area contributed by atoms with Gasteiger partial charge in [-0.3, -0.25) is 4.79 Å². The number of ether oxygens (including phenoxy) is 2. The van der Waals surface area contributed by atoms with Gasteiger partial charge in [-0.05, 0) is 57.8 Å². The molecular weight excluding hydrogens is 815 g/mol. The third-order valence-corrected chi connectivity index (χ3v) is 12.9. The van der Waals surface area contributed by atoms with Gasteiger partial charge < -0.3 is 40.3 Å². The summed E-state index contributed by atoms with van der Waals surface area (Å²) in [4.78, 5) is 13.0. The molecule has 65 heavy (non-hydrogen) atoms. The number of aliphatic hydroxyl groups excluding tert-OH is 5. The Morgan fingerprint density at radius 3 is 1.43 bits per heavy atom. The number of amides is 1. The zero-order valence-electron chi connectivity index (χ0n) is 42.0. The van der Waals surface area contributed by atoms with E-state index in [1.165, 1.54) is 154 Å². The topological polar surface area (TPSA) is 149 Å². The van der Waals surface area contributed by atoms with Gasteiger partial charge >= 0.3 is 0 Å². The molecule has 9 heteroatoms. The van der Waals surface area contributed by atoms with Crippen LogP contribution < -0.4 is 5.32 Å². The van der Waals surface area contributed by atoms with Gasteiger partial charge in [0.1, 0.15) is 24.4 Å². The van der Waals surface area contributed by atoms with Crippen LogP contribution in [0.25, 0.3) is 0 Å². The standard InChI is InChI=1S/C56H103NO8/c1-3-5-7-9-11-13-15-17-19-20-21-22-23-24-25-26-27-28-29-30-31-32-33-35-37-39-41-43-45-50(59)49(48-64-56-55(63)54(62)53(61)51(47-58)65-56)57-52(60)46-44-42-40-38-36-34-18-16-14-12-10-8-6-4-2/h10,12,16,18,35,37,43,45,49-51,53-56,58-59,61-63H,3-9,11,13-15,17,19-34,36,38-42,44,46-48H2,1-2H3,(H,57,60)/b12-10-,18-16-,37-35+,45-43+. The van der Waals surface area contributed by atoms with E-state index in [0.29, 0.717) is 6.42 Å². The average molecular weight is 918 g/mol. The first-order chi connectivity index (χ1) is 31.8. The smallest absolute Gasteiger partial charge is 0.220 e. The SMILES string of the molecule is CCCC/C=C\C/C=C\CCCCCCCC(=O)NC(COC1OC(CO)C(O)C(O)C1O)C(O)/C=C/CC/C=C/CCCCCCCCCCCCCCCCCCCCCCCC. The van der Waals surface area contributed by atoms with Gasteiger partial charge in [-0.25, -0.2) is 0 Å². The Morgan fingerprint density at radius 2 is 0.938 bits per heavy atom. The summed E-state index contributed by atoms with van der Waals surface area (Å²) >= 11 is 0. The van der Waals surface area contributed by atoms with Crippen LogP contribution in [0.3, 0.4) is 0 Å². The Morgan fingerprint density at radius 1 is 0.523 bits per heavy atom. The molecule has 0 spiro atoms. The number of unbranched alkanes of at least 4 members (excludes halogenated alkanes) is 30. The minimum Gasteiger partial charge on any atom is -0.394 e. The summed E-state index contributed by atoms with van der Waals surface area (Å²) in [6.07, 6.45) is 53.3. The third-order valence-electron chi connectivity index (χ3n) is 12.9. The second-order valence-electron chi connectivity index (χ2n) is 19.0. The molecule has 0 radical (unpaired) electrons. The Labute approximate surface area is 399 Å². The van der Waals surface area contributed by atoms with Gasteiger partial charge in [-0.1, -0.05) is 229 Å². The summed E-state index contributed by atoms with van der Waals surface area (Å²) in [6, 6.07) is -0.830. The molecule has 7 atom stereocenters. The molecular formula is C56H103NO8. The van der Waals surface area contributed by atoms with Crippen molar-refractivity contribution in [3.05, 3.63) is 48.6 Å². The molecule has 1 aliphatic rings. The van der Waals surface area contributed by atoms with Crippen molar-refractivity contribution >= 4 is 5.91 Å². The summed E-state index contributed by atoms with van der Waals surface area (Å²) in [5, 5.41) is 54.3. The molecule has 0 bridgehead atoms. The highest BCUT2D eigenvalue weighted by molar-refractivity contribution is 5.76. The van der Waals surface area contributed by atoms with E-state index in [1.807, 2.05) is 6.08 Å². The first-order valence-electron chi connectivity index (χ1n) is 27.4. The van der Waals surface area contributed by atoms with Crippen LogP contribution in [0, 0.1) is 0 Å². The maximum Gasteiger partial charge on any atom is 0.220 e. The fourth-order valence-electron chi connectivity index (χ4n) is 8.48. The van der Waals surface area contributed by atoms with Crippen molar-refractivity contribution in [1.29, 1.82) is 0 Å². The van der Waals surface area contributed by atoms with Crippen molar-refractivity contribution in [3.8, 4) is 0 Å². The molecule has 380 valence electrons. The summed E-state index contributed by atoms with van der Waals surface area (Å²) in [5.41, 5.74) is 0. The largest absolute Gasteiger partial charge is 0.394 e. The molecule has 7 unspecified atom stereocenters. The molecule has 1 heterocycles. The first-order valence-corrected chi connectivity index (χ1v) is 27.4. The third kappa shape index (κ3) is 35.9. The highest BCUT2D eigenvalue weighted by atomic mass is 16.7. The van der Waals surface area contributed by atoms with Gasteiger partial charge in [0.05, 0.1) is 25.4 Å². The van der Waals surface area contributed by atoms with E-state index in [-0.39, 0.29) is 12.5 Å². The van der Waals surface area contributed by atoms with E-state index in [4.69, 9.17) is 9.47 Å². The van der Waals surface area contributed by atoms with Crippen LogP contribution in [0.4, 0.5) is 0 Å². The summed E-state index contributed by atoms with van der Waals surface area (Å²) in [5.74, 6) is -0.201. The number of allylic oxidation sites excluding steroid dienone is 7. The van der Waals surface area contributed by atoms with E-state index >= 15 is 0 Å². The van der Waals surface area contributed by atoms with E-state index in [9.17, 15) is 30.3 Å². The van der Waals surface area contributed by atoms with Crippen molar-refractivity contribution in [1.82, 2.24) is 5.32 Å². The number of carbonyl (C=O) groups excluding carboxylic acids is 1. The molecule has 1 fully saturated rings. The minimum atomic E-state index is -1.58. The number of aliphatic hydroxyl groups is 5. The molecule has 6 N–H and O–H groups in total. The molecule has 1 rings (SSSR count). The zero-order valence-corrected chi connectivity index (χ0v) is 42.0. The van der Waals surface area contributed by atoms with Crippen molar-refractivity contribution in [2.24, 2.45) is 0 Å². The van der Waals surface area contributed by atoms with Gasteiger partial charge in [0.25, 0.3) is 0 Å². The van der Waals surface area contributed by atoms with Gasteiger partial charge in [0.2, 0.25) is 5.91 Å². The second-order valence-corrected chi connectivity index (χ2v) is 19.0. The Bertz CT molecular complexity index is 1160. The van der Waals surface area contributed by atoms with Crippen LogP contribution in [-0.2, 0) is 14.3 Å². The number of hydrogen-bond donors (Lipinski definition) is 6. The fourth-order valence-corrected chi connectivity index (χ4v) is 8.48. The average Bonchev–Trinajstić information content (AvgIpc) is 3.31. The van der Waals surface area contributed by atoms with E-state index < -0.39 is 49.5 Å². The molecule has 0 aromatic carbocycles. The molecule has 1 saturated heterocycles. The maximum atomic E-state index is 13.0. The minimum absolute atomic E-state index is 0.201. The molecule has 9 nitrogen and oxygen atoms in total. The van der Waals surface area contributed by atoms with Crippen LogP contribution in [-0.4, -0.2) is 87.5 Å². The van der Waals surface area contributed by atoms with E-state index in [2.05, 4.69) is 55.6 Å². The first kappa shape index (κ1) is 61.2. The van der Waals surface area contributed by atoms with Gasteiger partial charge in [0.15, 0.2) is 6.29 Å². The van der Waals surface area contributed by atoms with Crippen LogP contribution in [0.15, 0.2) is 48.6 Å². The Balaban J connectivity index is 2.24. The molecule has 0 aromatic heterocycles. The number of rotatable bonds is 46. The lowest BCUT2D eigenvalue weighted by Gasteiger charge is -2.40. The van der Waals surface area contributed by atoms with E-state index in [0.717, 1.165) is 70.6 Å². The number of carbonyl (C=O) groups is 1. The fraction of sp³-hybridized carbons (Fsp3) is 0.839. The van der Waals surface area contributed by atoms with Crippen LogP contribution in [0.1, 0.15) is 245 Å². The predicted molar refractivity (Wildman–Crippen MR) is 272 cm³/mol. The summed E-state index contributed by atoms with van der Waals surface area (Å²) < 4.78 is 11.2. The van der Waals surface area contributed by atoms with Crippen molar-refractivity contribution in [2.45, 2.75) is 288 Å². The van der Waals surface area contributed by atoms with Crippen molar-refractivity contribution in [2.75, 3.05) is 13.2 Å². The Hall–Kier alpha value is -1.85. The maximum absolute atomic E-state index is 13.0. The van der Waals surface area contributed by atoms with Crippen LogP contribution >= 0.6 is 0 Å². The second kappa shape index (κ2) is 45.9. The van der Waals surface area contributed by atoms with Gasteiger partial charge in [-0.2, -0.15) is 0 Å². The quantitative estimate of drug-likeness (QED) is 0.0261. The van der Waals surface area contributed by atoms with Crippen LogP contribution in [0.2, 0.25) is 0 Å². The van der Waals surface area contributed by atoms with Crippen molar-refractivity contribution in [3.63, 3.8) is 0 Å². The number of nitrogens with one attached hydrogen (secondary N) is 1. The van der Waals surface area contributed by atoms with Crippen molar-refractivity contribution < 1.29 is 39.8 Å². The van der Waals surface area contributed by atoms with Crippen LogP contribution in [0.5, 0.6) is 0 Å². The lowest BCUT2D eigenvalue weighted by Crippen LogP contribution is -2.60. The van der Waals surface area contributed by atoms with E-state index in [1.54, 1.807) is 6.08 Å². The summed E-state index contributed by atoms with van der Waals surface area (Å²) in [7, 11) is 0. The zero-order chi connectivity index (χ0) is 47.3. The molecule has 1 aliphatic heterocycles. The molecule has 1 amide bonds. The Kier molecular flexibility index (Phi) is 43.2. The highest BCUT2D eigenvalue weighted by Crippen LogP contribution is 2.23. The predicted octanol–water partition coefficient (Wildman–Crippen LogP) is 13.0.